The van der Waals surface area contributed by atoms with E-state index >= 15 is 0 Å². The highest BCUT2D eigenvalue weighted by atomic mass is 16.6. The van der Waals surface area contributed by atoms with E-state index in [4.69, 9.17) is 4.74 Å². The standard InChI is InChI=1S/C15H19N3O5/c1-16-14(21)17-8-5-9-18(17)15(22)23-12(13(19)20)10-11-6-3-2-4-7-11/h2-4,6-7,12H,5,8-10H2,1H3,(H,16,21)(H,19,20)/t12-/m0/s1. The Labute approximate surface area is 133 Å². The molecule has 1 saturated heterocycles. The first-order chi connectivity index (χ1) is 11.0. The molecule has 124 valence electrons. The first-order valence-corrected chi connectivity index (χ1v) is 7.27. The van der Waals surface area contributed by atoms with E-state index in [0.29, 0.717) is 19.5 Å². The topological polar surface area (TPSA) is 99.2 Å². The molecule has 8 heteroatoms. The van der Waals surface area contributed by atoms with Crippen LogP contribution in [0.4, 0.5) is 9.59 Å². The molecule has 1 aliphatic heterocycles. The van der Waals surface area contributed by atoms with Gasteiger partial charge in [-0.15, -0.1) is 0 Å². The fourth-order valence-electron chi connectivity index (χ4n) is 2.33. The summed E-state index contributed by atoms with van der Waals surface area (Å²) in [6.07, 6.45) is -1.47. The average molecular weight is 321 g/mol. The molecular formula is C15H19N3O5. The van der Waals surface area contributed by atoms with Crippen molar-refractivity contribution in [1.82, 2.24) is 15.3 Å². The summed E-state index contributed by atoms with van der Waals surface area (Å²) >= 11 is 0. The lowest BCUT2D eigenvalue weighted by atomic mass is 10.1. The number of rotatable bonds is 4. The zero-order valence-corrected chi connectivity index (χ0v) is 12.8. The Balaban J connectivity index is 2.03. The third kappa shape index (κ3) is 4.12. The molecule has 1 heterocycles. The summed E-state index contributed by atoms with van der Waals surface area (Å²) in [4.78, 5) is 35.2. The number of carboxylic acids is 1. The minimum absolute atomic E-state index is 0.0652. The number of nitrogens with one attached hydrogen (secondary N) is 1. The number of carbonyl (C=O) groups is 3. The van der Waals surface area contributed by atoms with Crippen molar-refractivity contribution in [2.24, 2.45) is 0 Å². The number of amides is 3. The Bertz CT molecular complexity index is 578. The van der Waals surface area contributed by atoms with Crippen LogP contribution in [0.5, 0.6) is 0 Å². The molecule has 0 spiro atoms. The predicted octanol–water partition coefficient (Wildman–Crippen LogP) is 1.08. The van der Waals surface area contributed by atoms with Gasteiger partial charge in [-0.25, -0.2) is 24.4 Å². The second-order valence-corrected chi connectivity index (χ2v) is 5.06. The molecule has 8 nitrogen and oxygen atoms in total. The van der Waals surface area contributed by atoms with Crippen LogP contribution in [-0.4, -0.2) is 59.5 Å². The molecule has 0 aromatic heterocycles. The van der Waals surface area contributed by atoms with Crippen molar-refractivity contribution >= 4 is 18.1 Å². The third-order valence-electron chi connectivity index (χ3n) is 3.47. The SMILES string of the molecule is CNC(=O)N1CCCN1C(=O)O[C@@H](Cc1ccccc1)C(=O)O. The van der Waals surface area contributed by atoms with Crippen molar-refractivity contribution in [2.75, 3.05) is 20.1 Å². The Morgan fingerprint density at radius 1 is 1.22 bits per heavy atom. The third-order valence-corrected chi connectivity index (χ3v) is 3.47. The highest BCUT2D eigenvalue weighted by molar-refractivity contribution is 5.80. The number of nitrogens with zero attached hydrogens (tertiary/aromatic N) is 2. The molecule has 0 unspecified atom stereocenters. The van der Waals surface area contributed by atoms with Gasteiger partial charge in [0.25, 0.3) is 0 Å². The van der Waals surface area contributed by atoms with Gasteiger partial charge in [-0.05, 0) is 12.0 Å². The first-order valence-electron chi connectivity index (χ1n) is 7.27. The summed E-state index contributed by atoms with van der Waals surface area (Å²) in [5, 5.41) is 14.0. The Morgan fingerprint density at radius 2 is 1.87 bits per heavy atom. The number of urea groups is 1. The van der Waals surface area contributed by atoms with Gasteiger partial charge < -0.3 is 15.2 Å². The van der Waals surface area contributed by atoms with E-state index < -0.39 is 24.2 Å². The van der Waals surface area contributed by atoms with Crippen molar-refractivity contribution < 1.29 is 24.2 Å². The molecule has 2 N–H and O–H groups in total. The number of ether oxygens (including phenoxy) is 1. The molecule has 1 atom stereocenters. The summed E-state index contributed by atoms with van der Waals surface area (Å²) in [5.41, 5.74) is 0.747. The summed E-state index contributed by atoms with van der Waals surface area (Å²) in [6.45, 7) is 0.690. The van der Waals surface area contributed by atoms with Gasteiger partial charge in [-0.2, -0.15) is 0 Å². The van der Waals surface area contributed by atoms with E-state index in [-0.39, 0.29) is 6.42 Å². The summed E-state index contributed by atoms with van der Waals surface area (Å²) in [6, 6.07) is 8.46. The van der Waals surface area contributed by atoms with E-state index in [2.05, 4.69) is 5.32 Å². The van der Waals surface area contributed by atoms with Gasteiger partial charge >= 0.3 is 18.1 Å². The molecule has 1 fully saturated rings. The first kappa shape index (κ1) is 16.6. The number of carboxylic acid groups (broad SMARTS) is 1. The Hall–Kier alpha value is -2.77. The molecule has 0 aliphatic carbocycles. The van der Waals surface area contributed by atoms with Crippen LogP contribution >= 0.6 is 0 Å². The fraction of sp³-hybridized carbons (Fsp3) is 0.400. The number of hydrogen-bond acceptors (Lipinski definition) is 4. The summed E-state index contributed by atoms with van der Waals surface area (Å²) in [5.74, 6) is -1.23. The molecular weight excluding hydrogens is 302 g/mol. The highest BCUT2D eigenvalue weighted by Gasteiger charge is 2.34. The Morgan fingerprint density at radius 3 is 2.48 bits per heavy atom. The summed E-state index contributed by atoms with van der Waals surface area (Å²) < 4.78 is 5.09. The van der Waals surface area contributed by atoms with Crippen molar-refractivity contribution in [3.05, 3.63) is 35.9 Å². The maximum atomic E-state index is 12.2. The van der Waals surface area contributed by atoms with Crippen LogP contribution in [0, 0.1) is 0 Å². The molecule has 1 aliphatic rings. The monoisotopic (exact) mass is 321 g/mol. The van der Waals surface area contributed by atoms with Crippen LogP contribution in [0.25, 0.3) is 0 Å². The van der Waals surface area contributed by atoms with E-state index in [0.717, 1.165) is 10.6 Å². The number of hydrazine groups is 1. The minimum atomic E-state index is -1.31. The smallest absolute Gasteiger partial charge is 0.429 e. The number of carbonyl (C=O) groups excluding carboxylic acids is 2. The zero-order valence-electron chi connectivity index (χ0n) is 12.8. The lowest BCUT2D eigenvalue weighted by molar-refractivity contribution is -0.147. The van der Waals surface area contributed by atoms with Crippen molar-refractivity contribution in [3.8, 4) is 0 Å². The second-order valence-electron chi connectivity index (χ2n) is 5.06. The fourth-order valence-corrected chi connectivity index (χ4v) is 2.33. The van der Waals surface area contributed by atoms with E-state index in [1.807, 2.05) is 6.07 Å². The van der Waals surface area contributed by atoms with Crippen molar-refractivity contribution in [1.29, 1.82) is 0 Å². The van der Waals surface area contributed by atoms with Gasteiger partial charge in [-0.3, -0.25) is 0 Å². The number of benzene rings is 1. The van der Waals surface area contributed by atoms with Gasteiger partial charge in [0.15, 0.2) is 0 Å². The minimum Gasteiger partial charge on any atom is -0.478 e. The molecule has 23 heavy (non-hydrogen) atoms. The molecule has 2 rings (SSSR count). The van der Waals surface area contributed by atoms with Gasteiger partial charge in [0.05, 0.1) is 0 Å². The zero-order chi connectivity index (χ0) is 16.8. The normalized spacial score (nSPS) is 15.2. The second kappa shape index (κ2) is 7.48. The number of hydrogen-bond donors (Lipinski definition) is 2. The Kier molecular flexibility index (Phi) is 5.40. The highest BCUT2D eigenvalue weighted by Crippen LogP contribution is 2.15. The molecule has 0 bridgehead atoms. The lowest BCUT2D eigenvalue weighted by Gasteiger charge is -2.27. The molecule has 1 aromatic carbocycles. The number of aliphatic carboxylic acids is 1. The van der Waals surface area contributed by atoms with Gasteiger partial charge in [-0.1, -0.05) is 30.3 Å². The van der Waals surface area contributed by atoms with E-state index in [1.165, 1.54) is 12.1 Å². The van der Waals surface area contributed by atoms with Crippen LogP contribution in [0.3, 0.4) is 0 Å². The lowest BCUT2D eigenvalue weighted by Crippen LogP contribution is -2.49. The maximum Gasteiger partial charge on any atom is 0.429 e. The molecule has 0 saturated carbocycles. The van der Waals surface area contributed by atoms with E-state index in [1.54, 1.807) is 24.3 Å². The maximum absolute atomic E-state index is 12.2. The van der Waals surface area contributed by atoms with Crippen molar-refractivity contribution in [3.63, 3.8) is 0 Å². The average Bonchev–Trinajstić information content (AvgIpc) is 3.04. The van der Waals surface area contributed by atoms with Gasteiger partial charge in [0, 0.05) is 26.6 Å². The van der Waals surface area contributed by atoms with Crippen LogP contribution < -0.4 is 5.32 Å². The van der Waals surface area contributed by atoms with Crippen molar-refractivity contribution in [2.45, 2.75) is 18.9 Å². The van der Waals surface area contributed by atoms with Gasteiger partial charge in [0.1, 0.15) is 0 Å². The quantitative estimate of drug-likeness (QED) is 0.864. The molecule has 0 radical (unpaired) electrons. The largest absolute Gasteiger partial charge is 0.478 e. The van der Waals surface area contributed by atoms with E-state index in [9.17, 15) is 19.5 Å². The van der Waals surface area contributed by atoms with Crippen LogP contribution in [0.15, 0.2) is 30.3 Å². The predicted molar refractivity (Wildman–Crippen MR) is 80.5 cm³/mol. The molecule has 3 amide bonds. The van der Waals surface area contributed by atoms with Crippen LogP contribution in [0.2, 0.25) is 0 Å². The molecule has 1 aromatic rings. The van der Waals surface area contributed by atoms with Crippen LogP contribution in [-0.2, 0) is 16.0 Å². The summed E-state index contributed by atoms with van der Waals surface area (Å²) in [7, 11) is 1.46. The van der Waals surface area contributed by atoms with Gasteiger partial charge in [0.2, 0.25) is 6.10 Å². The van der Waals surface area contributed by atoms with Crippen LogP contribution in [0.1, 0.15) is 12.0 Å².